The van der Waals surface area contributed by atoms with Gasteiger partial charge in [-0.25, -0.2) is 4.39 Å². The van der Waals surface area contributed by atoms with Crippen LogP contribution in [0.15, 0.2) is 24.3 Å². The molecule has 0 aliphatic rings. The largest absolute Gasteiger partial charge is 0.395 e. The van der Waals surface area contributed by atoms with E-state index in [0.29, 0.717) is 0 Å². The molecule has 0 aliphatic carbocycles. The van der Waals surface area contributed by atoms with Crippen LogP contribution in [0.25, 0.3) is 0 Å². The highest BCUT2D eigenvalue weighted by Gasteiger charge is 2.42. The molecule has 4 heteroatoms. The third kappa shape index (κ3) is 4.36. The second-order valence-corrected chi connectivity index (χ2v) is 5.41. The molecule has 0 bridgehead atoms. The van der Waals surface area contributed by atoms with Gasteiger partial charge >= 0.3 is 6.18 Å². The predicted octanol–water partition coefficient (Wildman–Crippen LogP) is 4.91. The van der Waals surface area contributed by atoms with E-state index in [1.165, 1.54) is 12.1 Å². The van der Waals surface area contributed by atoms with Crippen LogP contribution in [0.5, 0.6) is 0 Å². The molecule has 0 saturated carbocycles. The lowest BCUT2D eigenvalue weighted by atomic mass is 9.81. The number of alkyl halides is 3. The van der Waals surface area contributed by atoms with Crippen molar-refractivity contribution in [2.45, 2.75) is 39.3 Å². The molecule has 1 atom stereocenters. The van der Waals surface area contributed by atoms with Gasteiger partial charge in [-0.15, -0.1) is 0 Å². The fraction of sp³-hybridized carbons (Fsp3) is 0.538. The van der Waals surface area contributed by atoms with E-state index in [4.69, 9.17) is 0 Å². The lowest BCUT2D eigenvalue weighted by molar-refractivity contribution is -0.156. The Morgan fingerprint density at radius 3 is 2.12 bits per heavy atom. The number of hydrogen-bond acceptors (Lipinski definition) is 0. The molecule has 1 aromatic rings. The van der Waals surface area contributed by atoms with Gasteiger partial charge < -0.3 is 0 Å². The van der Waals surface area contributed by atoms with E-state index in [1.807, 2.05) is 0 Å². The molecule has 0 spiro atoms. The van der Waals surface area contributed by atoms with Gasteiger partial charge in [-0.3, -0.25) is 0 Å². The number of rotatable bonds is 2. The van der Waals surface area contributed by atoms with E-state index in [-0.39, 0.29) is 12.0 Å². The fourth-order valence-electron chi connectivity index (χ4n) is 1.76. The zero-order valence-corrected chi connectivity index (χ0v) is 10.1. The molecule has 17 heavy (non-hydrogen) atoms. The maximum Gasteiger partial charge on any atom is 0.395 e. The van der Waals surface area contributed by atoms with Gasteiger partial charge in [-0.1, -0.05) is 32.9 Å². The Labute approximate surface area is 98.6 Å². The van der Waals surface area contributed by atoms with Gasteiger partial charge in [0.25, 0.3) is 0 Å². The third-order valence-corrected chi connectivity index (χ3v) is 2.46. The van der Waals surface area contributed by atoms with E-state index in [2.05, 4.69) is 0 Å². The van der Waals surface area contributed by atoms with Crippen LogP contribution in [-0.2, 0) is 0 Å². The minimum Gasteiger partial charge on any atom is -0.207 e. The van der Waals surface area contributed by atoms with Crippen molar-refractivity contribution in [2.75, 3.05) is 0 Å². The van der Waals surface area contributed by atoms with Gasteiger partial charge in [-0.05, 0) is 29.5 Å². The second-order valence-electron chi connectivity index (χ2n) is 5.41. The standard InChI is InChI=1S/C13H16F4/c1-12(2,3)8-11(13(15,16)17)9-5-4-6-10(14)7-9/h4-7,11H,8H2,1-3H3. The van der Waals surface area contributed by atoms with Gasteiger partial charge in [-0.2, -0.15) is 13.2 Å². The molecule has 0 amide bonds. The molecule has 0 nitrogen and oxygen atoms in total. The van der Waals surface area contributed by atoms with Crippen molar-refractivity contribution in [3.63, 3.8) is 0 Å². The van der Waals surface area contributed by atoms with Crippen molar-refractivity contribution >= 4 is 0 Å². The summed E-state index contributed by atoms with van der Waals surface area (Å²) in [5.74, 6) is -2.25. The smallest absolute Gasteiger partial charge is 0.207 e. The molecule has 96 valence electrons. The molecule has 1 unspecified atom stereocenters. The van der Waals surface area contributed by atoms with Crippen LogP contribution in [0.3, 0.4) is 0 Å². The van der Waals surface area contributed by atoms with E-state index in [0.717, 1.165) is 12.1 Å². The topological polar surface area (TPSA) is 0 Å². The van der Waals surface area contributed by atoms with Crippen molar-refractivity contribution in [3.8, 4) is 0 Å². The minimum atomic E-state index is -4.35. The summed E-state index contributed by atoms with van der Waals surface area (Å²) in [6, 6.07) is 4.75. The first-order valence-corrected chi connectivity index (χ1v) is 5.42. The predicted molar refractivity (Wildman–Crippen MR) is 59.3 cm³/mol. The van der Waals surface area contributed by atoms with Crippen LogP contribution < -0.4 is 0 Å². The summed E-state index contributed by atoms with van der Waals surface area (Å²) in [6.07, 6.45) is -4.40. The zero-order chi connectivity index (χ0) is 13.3. The lowest BCUT2D eigenvalue weighted by Crippen LogP contribution is -2.25. The lowest BCUT2D eigenvalue weighted by Gasteiger charge is -2.28. The maximum atomic E-state index is 13.0. The number of benzene rings is 1. The first-order chi connectivity index (χ1) is 7.59. The Balaban J connectivity index is 3.07. The Morgan fingerprint density at radius 1 is 1.12 bits per heavy atom. The van der Waals surface area contributed by atoms with Gasteiger partial charge in [0.15, 0.2) is 0 Å². The highest BCUT2D eigenvalue weighted by Crippen LogP contribution is 2.42. The van der Waals surface area contributed by atoms with Crippen molar-refractivity contribution in [1.82, 2.24) is 0 Å². The van der Waals surface area contributed by atoms with Crippen LogP contribution in [-0.4, -0.2) is 6.18 Å². The Bertz CT molecular complexity index is 374. The zero-order valence-electron chi connectivity index (χ0n) is 10.1. The summed E-state index contributed by atoms with van der Waals surface area (Å²) in [5.41, 5.74) is -0.473. The molecular weight excluding hydrogens is 232 g/mol. The Morgan fingerprint density at radius 2 is 1.71 bits per heavy atom. The molecule has 1 rings (SSSR count). The summed E-state index contributed by atoms with van der Waals surface area (Å²) in [5, 5.41) is 0. The second kappa shape index (κ2) is 4.67. The van der Waals surface area contributed by atoms with Gasteiger partial charge in [0.05, 0.1) is 5.92 Å². The first-order valence-electron chi connectivity index (χ1n) is 5.42. The van der Waals surface area contributed by atoms with Gasteiger partial charge in [0, 0.05) is 0 Å². The highest BCUT2D eigenvalue weighted by atomic mass is 19.4. The molecule has 1 aromatic carbocycles. The van der Waals surface area contributed by atoms with Crippen LogP contribution in [0.1, 0.15) is 38.7 Å². The molecule has 0 saturated heterocycles. The summed E-state index contributed by atoms with van der Waals surface area (Å²) in [7, 11) is 0. The van der Waals surface area contributed by atoms with E-state index >= 15 is 0 Å². The molecule has 0 heterocycles. The summed E-state index contributed by atoms with van der Waals surface area (Å²) < 4.78 is 51.8. The van der Waals surface area contributed by atoms with Gasteiger partial charge in [0.2, 0.25) is 0 Å². The summed E-state index contributed by atoms with van der Waals surface area (Å²) >= 11 is 0. The minimum absolute atomic E-state index is 0.00701. The quantitative estimate of drug-likeness (QED) is 0.652. The number of halogens is 4. The monoisotopic (exact) mass is 248 g/mol. The summed E-state index contributed by atoms with van der Waals surface area (Å²) in [4.78, 5) is 0. The summed E-state index contributed by atoms with van der Waals surface area (Å²) in [6.45, 7) is 5.22. The highest BCUT2D eigenvalue weighted by molar-refractivity contribution is 5.22. The van der Waals surface area contributed by atoms with Gasteiger partial charge in [0.1, 0.15) is 5.82 Å². The van der Waals surface area contributed by atoms with Crippen molar-refractivity contribution in [2.24, 2.45) is 5.41 Å². The molecule has 0 radical (unpaired) electrons. The van der Waals surface area contributed by atoms with Crippen LogP contribution in [0.2, 0.25) is 0 Å². The molecular formula is C13H16F4. The normalized spacial score (nSPS) is 14.8. The average molecular weight is 248 g/mol. The SMILES string of the molecule is CC(C)(C)CC(c1cccc(F)c1)C(F)(F)F. The molecule has 0 fully saturated rings. The number of hydrogen-bond donors (Lipinski definition) is 0. The average Bonchev–Trinajstić information content (AvgIpc) is 2.11. The Hall–Kier alpha value is -1.06. The first kappa shape index (κ1) is 14.0. The van der Waals surface area contributed by atoms with Crippen molar-refractivity contribution < 1.29 is 17.6 Å². The van der Waals surface area contributed by atoms with E-state index in [9.17, 15) is 17.6 Å². The third-order valence-electron chi connectivity index (χ3n) is 2.46. The van der Waals surface area contributed by atoms with Crippen LogP contribution in [0, 0.1) is 11.2 Å². The maximum absolute atomic E-state index is 13.0. The fourth-order valence-corrected chi connectivity index (χ4v) is 1.76. The molecule has 0 aliphatic heterocycles. The molecule has 0 aromatic heterocycles. The Kier molecular flexibility index (Phi) is 3.84. The van der Waals surface area contributed by atoms with Crippen LogP contribution >= 0.6 is 0 Å². The van der Waals surface area contributed by atoms with E-state index < -0.39 is 23.3 Å². The van der Waals surface area contributed by atoms with Crippen molar-refractivity contribution in [3.05, 3.63) is 35.6 Å². The van der Waals surface area contributed by atoms with E-state index in [1.54, 1.807) is 20.8 Å². The molecule has 0 N–H and O–H groups in total. The van der Waals surface area contributed by atoms with Crippen LogP contribution in [0.4, 0.5) is 17.6 Å². The van der Waals surface area contributed by atoms with Crippen molar-refractivity contribution in [1.29, 1.82) is 0 Å².